The van der Waals surface area contributed by atoms with Gasteiger partial charge in [-0.15, -0.1) is 0 Å². The molecule has 0 saturated carbocycles. The van der Waals surface area contributed by atoms with Crippen molar-refractivity contribution in [1.29, 1.82) is 0 Å². The Balaban J connectivity index is 2.01. The Morgan fingerprint density at radius 2 is 1.04 bits per heavy atom. The van der Waals surface area contributed by atoms with Crippen molar-refractivity contribution in [3.05, 3.63) is 92.3 Å². The van der Waals surface area contributed by atoms with Crippen molar-refractivity contribution in [2.45, 2.75) is 0 Å². The average Bonchev–Trinajstić information content (AvgIpc) is 3.04. The van der Waals surface area contributed by atoms with E-state index in [4.69, 9.17) is 4.74 Å². The number of allylic oxidation sites excluding steroid dienone is 10. The summed E-state index contributed by atoms with van der Waals surface area (Å²) < 4.78 is 5.52. The molecule has 1 aliphatic heterocycles. The first-order chi connectivity index (χ1) is 11.1. The zero-order valence-electron chi connectivity index (χ0n) is 11.6. The van der Waals surface area contributed by atoms with E-state index in [-0.39, 0.29) is 34.3 Å². The molecule has 0 aromatic heterocycles. The van der Waals surface area contributed by atoms with E-state index >= 15 is 0 Å². The molecule has 118 valence electrons. The first kappa shape index (κ1) is 14.3. The highest BCUT2D eigenvalue weighted by Crippen LogP contribution is 2.22. The van der Waals surface area contributed by atoms with Gasteiger partial charge >= 0.3 is 0 Å². The van der Waals surface area contributed by atoms with Gasteiger partial charge in [-0.25, -0.2) is 0 Å². The number of hydrogen-bond acceptors (Lipinski definition) is 7. The molecule has 0 aromatic carbocycles. The van der Waals surface area contributed by atoms with Crippen LogP contribution < -0.4 is 10.9 Å². The maximum atomic E-state index is 11.1. The standard InChI is InChI=1S/C14H10N4O5/c19-17(20)11-7-3-1-5-9(11)13-15-16-14(23-13)10-6-2-4-8-12(10)18(21)22/h1-8,15-16H/q-2. The lowest BCUT2D eigenvalue weighted by atomic mass is 10.1. The number of ether oxygens (including phenoxy) is 1. The van der Waals surface area contributed by atoms with Crippen LogP contribution in [0.5, 0.6) is 0 Å². The zero-order chi connectivity index (χ0) is 16.4. The SMILES string of the molecule is [O-][N+]([O-])=C1C=CC=CC1=C1NNC(=C2C=CC=CC2=[N+]([O-])[O-])O1. The minimum atomic E-state index is -0.531. The Kier molecular flexibility index (Phi) is 3.51. The third-order valence-corrected chi connectivity index (χ3v) is 3.18. The third-order valence-electron chi connectivity index (χ3n) is 3.18. The Bertz CT molecular complexity index is 722. The molecule has 0 spiro atoms. The van der Waals surface area contributed by atoms with Gasteiger partial charge in [-0.2, -0.15) is 9.80 Å². The van der Waals surface area contributed by atoms with Crippen LogP contribution in [0.25, 0.3) is 0 Å². The molecule has 0 amide bonds. The van der Waals surface area contributed by atoms with Crippen molar-refractivity contribution in [1.82, 2.24) is 10.9 Å². The lowest BCUT2D eigenvalue weighted by Crippen LogP contribution is -2.25. The van der Waals surface area contributed by atoms with Gasteiger partial charge in [0.15, 0.2) is 0 Å². The minimum absolute atomic E-state index is 0.102. The fourth-order valence-corrected chi connectivity index (χ4v) is 2.16. The minimum Gasteiger partial charge on any atom is -0.612 e. The van der Waals surface area contributed by atoms with Crippen LogP contribution in [0.2, 0.25) is 0 Å². The zero-order valence-corrected chi connectivity index (χ0v) is 11.6. The molecule has 0 radical (unpaired) electrons. The molecule has 1 fully saturated rings. The summed E-state index contributed by atoms with van der Waals surface area (Å²) in [5, 5.41) is 44.3. The molecule has 2 aliphatic carbocycles. The summed E-state index contributed by atoms with van der Waals surface area (Å²) in [6.45, 7) is 0. The van der Waals surface area contributed by atoms with Crippen LogP contribution in [0.4, 0.5) is 0 Å². The lowest BCUT2D eigenvalue weighted by molar-refractivity contribution is -0.377. The molecule has 1 heterocycles. The second kappa shape index (κ2) is 5.64. The number of rotatable bonds is 0. The summed E-state index contributed by atoms with van der Waals surface area (Å²) in [4.78, 5) is -1.06. The highest BCUT2D eigenvalue weighted by atomic mass is 16.8. The van der Waals surface area contributed by atoms with Crippen LogP contribution in [0.15, 0.2) is 71.5 Å². The molecule has 3 rings (SSSR count). The molecule has 0 aromatic rings. The van der Waals surface area contributed by atoms with Crippen LogP contribution in [0.1, 0.15) is 0 Å². The Morgan fingerprint density at radius 3 is 1.43 bits per heavy atom. The molecular weight excluding hydrogens is 304 g/mol. The monoisotopic (exact) mass is 314 g/mol. The predicted octanol–water partition coefficient (Wildman–Crippen LogP) is 0.684. The predicted molar refractivity (Wildman–Crippen MR) is 82.0 cm³/mol. The van der Waals surface area contributed by atoms with E-state index < -0.39 is 9.80 Å². The van der Waals surface area contributed by atoms with Gasteiger partial charge < -0.3 is 25.6 Å². The van der Waals surface area contributed by atoms with Crippen molar-refractivity contribution in [3.63, 3.8) is 0 Å². The number of hydrazine groups is 1. The van der Waals surface area contributed by atoms with Crippen LogP contribution in [0, 0.1) is 20.8 Å². The van der Waals surface area contributed by atoms with E-state index in [1.807, 2.05) is 0 Å². The van der Waals surface area contributed by atoms with Crippen molar-refractivity contribution in [3.8, 4) is 0 Å². The smallest absolute Gasteiger partial charge is 0.235 e. The van der Waals surface area contributed by atoms with Gasteiger partial charge in [-0.3, -0.25) is 10.9 Å². The number of nitrogens with zero attached hydrogens (tertiary/aromatic N) is 2. The van der Waals surface area contributed by atoms with Crippen molar-refractivity contribution < 1.29 is 14.5 Å². The molecule has 0 unspecified atom stereocenters. The van der Waals surface area contributed by atoms with Gasteiger partial charge in [0.2, 0.25) is 23.2 Å². The van der Waals surface area contributed by atoms with E-state index in [2.05, 4.69) is 10.9 Å². The average molecular weight is 314 g/mol. The summed E-state index contributed by atoms with van der Waals surface area (Å²) in [7, 11) is 0. The van der Waals surface area contributed by atoms with E-state index in [1.54, 1.807) is 12.2 Å². The highest BCUT2D eigenvalue weighted by molar-refractivity contribution is 6.09. The van der Waals surface area contributed by atoms with E-state index in [1.165, 1.54) is 36.5 Å². The maximum absolute atomic E-state index is 11.1. The fourth-order valence-electron chi connectivity index (χ4n) is 2.16. The molecular formula is C14H10N4O5-2. The lowest BCUT2D eigenvalue weighted by Gasteiger charge is -2.13. The normalized spacial score (nSPS) is 25.2. The Hall–Kier alpha value is -3.62. The summed E-state index contributed by atoms with van der Waals surface area (Å²) in [6.07, 6.45) is 12.1. The quantitative estimate of drug-likeness (QED) is 0.496. The van der Waals surface area contributed by atoms with Crippen molar-refractivity contribution in [2.75, 3.05) is 0 Å². The molecule has 9 nitrogen and oxygen atoms in total. The van der Waals surface area contributed by atoms with Crippen molar-refractivity contribution in [2.24, 2.45) is 0 Å². The van der Waals surface area contributed by atoms with Gasteiger partial charge in [0.05, 0.1) is 0 Å². The summed E-state index contributed by atoms with van der Waals surface area (Å²) in [5.41, 5.74) is 5.52. The molecule has 1 saturated heterocycles. The summed E-state index contributed by atoms with van der Waals surface area (Å²) >= 11 is 0. The molecule has 23 heavy (non-hydrogen) atoms. The third kappa shape index (κ3) is 2.62. The second-order valence-electron chi connectivity index (χ2n) is 4.56. The topological polar surface area (TPSA) is 132 Å². The highest BCUT2D eigenvalue weighted by Gasteiger charge is 2.27. The summed E-state index contributed by atoms with van der Waals surface area (Å²) in [6, 6.07) is 0. The van der Waals surface area contributed by atoms with E-state index in [0.717, 1.165) is 0 Å². The Labute approximate surface area is 130 Å². The molecule has 3 aliphatic rings. The molecule has 2 N–H and O–H groups in total. The van der Waals surface area contributed by atoms with E-state index in [0.29, 0.717) is 0 Å². The van der Waals surface area contributed by atoms with Gasteiger partial charge in [-0.05, 0) is 12.2 Å². The van der Waals surface area contributed by atoms with Gasteiger partial charge in [-0.1, -0.05) is 24.3 Å². The maximum Gasteiger partial charge on any atom is 0.235 e. The molecule has 0 atom stereocenters. The van der Waals surface area contributed by atoms with Crippen LogP contribution in [-0.2, 0) is 4.74 Å². The Morgan fingerprint density at radius 1 is 0.652 bits per heavy atom. The van der Waals surface area contributed by atoms with Gasteiger partial charge in [0.1, 0.15) is 11.1 Å². The van der Waals surface area contributed by atoms with Gasteiger partial charge in [0, 0.05) is 12.2 Å². The number of nitrogens with one attached hydrogen (secondary N) is 2. The first-order valence-corrected chi connectivity index (χ1v) is 6.49. The molecule has 9 heteroatoms. The van der Waals surface area contributed by atoms with Crippen LogP contribution in [0.3, 0.4) is 0 Å². The molecule has 0 bridgehead atoms. The van der Waals surface area contributed by atoms with Crippen LogP contribution in [-0.4, -0.2) is 21.2 Å². The first-order valence-electron chi connectivity index (χ1n) is 6.49. The fraction of sp³-hybridized carbons (Fsp3) is 0. The van der Waals surface area contributed by atoms with Crippen LogP contribution >= 0.6 is 0 Å². The van der Waals surface area contributed by atoms with Crippen molar-refractivity contribution >= 4 is 11.4 Å². The number of hydrogen-bond donors (Lipinski definition) is 2. The second-order valence-corrected chi connectivity index (χ2v) is 4.56. The summed E-state index contributed by atoms with van der Waals surface area (Å²) in [5.74, 6) is 0.205. The largest absolute Gasteiger partial charge is 0.612 e. The van der Waals surface area contributed by atoms with E-state index in [9.17, 15) is 20.8 Å². The van der Waals surface area contributed by atoms with Gasteiger partial charge in [0.25, 0.3) is 0 Å².